The molecule has 5 aromatic rings. The molecule has 8 nitrogen and oxygen atoms in total. The van der Waals surface area contributed by atoms with E-state index in [1.54, 1.807) is 12.5 Å². The van der Waals surface area contributed by atoms with E-state index in [0.29, 0.717) is 10.3 Å². The van der Waals surface area contributed by atoms with Gasteiger partial charge in [0, 0.05) is 30.7 Å². The molecular weight excluding hydrogens is 466 g/mol. The number of thioether (sulfide) groups is 1. The summed E-state index contributed by atoms with van der Waals surface area (Å²) in [6, 6.07) is 18.0. The Bertz CT molecular complexity index is 1420. The quantitative estimate of drug-likeness (QED) is 0.331. The zero-order valence-electron chi connectivity index (χ0n) is 18.5. The van der Waals surface area contributed by atoms with Crippen molar-refractivity contribution in [2.24, 2.45) is 7.05 Å². The van der Waals surface area contributed by atoms with E-state index in [1.807, 2.05) is 83.9 Å². The third-order valence-corrected chi connectivity index (χ3v) is 7.02. The van der Waals surface area contributed by atoms with Gasteiger partial charge in [-0.1, -0.05) is 71.1 Å². The molecule has 3 heterocycles. The summed E-state index contributed by atoms with van der Waals surface area (Å²) in [5, 5.41) is 12.3. The summed E-state index contributed by atoms with van der Waals surface area (Å²) in [4.78, 5) is 22.9. The Labute approximate surface area is 204 Å². The zero-order valence-corrected chi connectivity index (χ0v) is 20.2. The van der Waals surface area contributed by atoms with Crippen LogP contribution in [-0.2, 0) is 11.8 Å². The lowest BCUT2D eigenvalue weighted by Crippen LogP contribution is -2.14. The molecule has 1 N–H and O–H groups in total. The van der Waals surface area contributed by atoms with Crippen molar-refractivity contribution in [3.05, 3.63) is 78.9 Å². The van der Waals surface area contributed by atoms with Crippen LogP contribution in [-0.4, -0.2) is 41.0 Å². The minimum atomic E-state index is -0.164. The number of aromatic nitrogens is 6. The summed E-state index contributed by atoms with van der Waals surface area (Å²) in [5.41, 5.74) is 3.89. The number of benzene rings is 2. The van der Waals surface area contributed by atoms with Crippen molar-refractivity contribution in [3.8, 4) is 27.6 Å². The van der Waals surface area contributed by atoms with Crippen molar-refractivity contribution < 1.29 is 4.79 Å². The summed E-state index contributed by atoms with van der Waals surface area (Å²) < 4.78 is 3.81. The second-order valence-electron chi connectivity index (χ2n) is 7.58. The van der Waals surface area contributed by atoms with E-state index in [1.165, 1.54) is 28.7 Å². The highest BCUT2D eigenvalue weighted by atomic mass is 32.2. The van der Waals surface area contributed by atoms with E-state index >= 15 is 0 Å². The largest absolute Gasteiger partial charge is 0.333 e. The van der Waals surface area contributed by atoms with Crippen LogP contribution in [0, 0.1) is 6.92 Å². The molecule has 0 spiro atoms. The molecule has 5 rings (SSSR count). The van der Waals surface area contributed by atoms with Crippen molar-refractivity contribution in [2.45, 2.75) is 12.1 Å². The van der Waals surface area contributed by atoms with E-state index in [2.05, 4.69) is 20.5 Å². The van der Waals surface area contributed by atoms with Crippen LogP contribution in [0.3, 0.4) is 0 Å². The number of rotatable bonds is 7. The maximum Gasteiger partial charge on any atom is 0.236 e. The molecule has 0 aliphatic heterocycles. The summed E-state index contributed by atoms with van der Waals surface area (Å²) in [5.74, 6) is 0.823. The fourth-order valence-corrected chi connectivity index (χ4v) is 5.16. The van der Waals surface area contributed by atoms with E-state index < -0.39 is 0 Å². The maximum absolute atomic E-state index is 12.8. The van der Waals surface area contributed by atoms with Crippen molar-refractivity contribution in [1.82, 2.24) is 29.3 Å². The van der Waals surface area contributed by atoms with E-state index in [0.717, 1.165) is 27.6 Å². The van der Waals surface area contributed by atoms with E-state index in [-0.39, 0.29) is 11.7 Å². The molecule has 0 aliphatic carbocycles. The number of anilines is 1. The van der Waals surface area contributed by atoms with Crippen LogP contribution in [0.1, 0.15) is 5.56 Å². The Morgan fingerprint density at radius 2 is 1.91 bits per heavy atom. The minimum Gasteiger partial charge on any atom is -0.333 e. The smallest absolute Gasteiger partial charge is 0.236 e. The van der Waals surface area contributed by atoms with Gasteiger partial charge in [0.1, 0.15) is 6.33 Å². The first-order valence-corrected chi connectivity index (χ1v) is 12.3. The number of amides is 1. The molecule has 0 atom stereocenters. The second kappa shape index (κ2) is 9.62. The van der Waals surface area contributed by atoms with E-state index in [4.69, 9.17) is 4.98 Å². The molecule has 34 heavy (non-hydrogen) atoms. The summed E-state index contributed by atoms with van der Waals surface area (Å²) in [6.45, 7) is 2.04. The van der Waals surface area contributed by atoms with Crippen LogP contribution < -0.4 is 5.32 Å². The predicted molar refractivity (Wildman–Crippen MR) is 135 cm³/mol. The lowest BCUT2D eigenvalue weighted by molar-refractivity contribution is -0.113. The molecule has 0 saturated heterocycles. The van der Waals surface area contributed by atoms with Crippen molar-refractivity contribution >= 4 is 34.1 Å². The van der Waals surface area contributed by atoms with Crippen LogP contribution in [0.2, 0.25) is 0 Å². The fraction of sp³-hybridized carbons (Fsp3) is 0.125. The monoisotopic (exact) mass is 487 g/mol. The van der Waals surface area contributed by atoms with E-state index in [9.17, 15) is 4.79 Å². The van der Waals surface area contributed by atoms with Crippen molar-refractivity contribution in [1.29, 1.82) is 0 Å². The van der Waals surface area contributed by atoms with Gasteiger partial charge in [-0.3, -0.25) is 9.36 Å². The van der Waals surface area contributed by atoms with Crippen LogP contribution in [0.5, 0.6) is 0 Å². The topological polar surface area (TPSA) is 90.5 Å². The van der Waals surface area contributed by atoms with Crippen molar-refractivity contribution in [2.75, 3.05) is 11.1 Å². The number of carbonyl (C=O) groups is 1. The van der Waals surface area contributed by atoms with Gasteiger partial charge in [-0.25, -0.2) is 9.97 Å². The van der Waals surface area contributed by atoms with Gasteiger partial charge in [-0.05, 0) is 19.1 Å². The van der Waals surface area contributed by atoms with Crippen LogP contribution in [0.15, 0.2) is 78.5 Å². The lowest BCUT2D eigenvalue weighted by atomic mass is 10.1. The Balaban J connectivity index is 1.33. The molecule has 3 aromatic heterocycles. The van der Waals surface area contributed by atoms with Gasteiger partial charge in [0.05, 0.1) is 16.3 Å². The lowest BCUT2D eigenvalue weighted by Gasteiger charge is -2.06. The average Bonchev–Trinajstić information content (AvgIpc) is 3.58. The third-order valence-electron chi connectivity index (χ3n) is 5.11. The first kappa shape index (κ1) is 22.1. The molecule has 0 bridgehead atoms. The predicted octanol–water partition coefficient (Wildman–Crippen LogP) is 4.83. The maximum atomic E-state index is 12.8. The second-order valence-corrected chi connectivity index (χ2v) is 9.52. The number of imidazole rings is 1. The highest BCUT2D eigenvalue weighted by molar-refractivity contribution is 7.99. The number of thiazole rings is 1. The number of carbonyl (C=O) groups excluding carboxylic acids is 1. The molecule has 2 aromatic carbocycles. The number of aryl methyl sites for hydroxylation is 2. The normalized spacial score (nSPS) is 11.0. The summed E-state index contributed by atoms with van der Waals surface area (Å²) in [6.07, 6.45) is 5.29. The molecule has 0 aliphatic rings. The number of hydrogen-bond donors (Lipinski definition) is 1. The van der Waals surface area contributed by atoms with Gasteiger partial charge in [-0.2, -0.15) is 0 Å². The first-order valence-electron chi connectivity index (χ1n) is 10.5. The van der Waals surface area contributed by atoms with Crippen LogP contribution in [0.25, 0.3) is 27.6 Å². The summed E-state index contributed by atoms with van der Waals surface area (Å²) in [7, 11) is 1.94. The number of nitrogens with one attached hydrogen (secondary N) is 1. The molecule has 0 fully saturated rings. The Morgan fingerprint density at radius 3 is 2.65 bits per heavy atom. The molecule has 170 valence electrons. The standard InChI is InChI=1S/C24H21N7OS2/c1-16-8-10-18(11-9-16)31-15-26-29-24(31)33-14-19(32)27-23-28-20(17-6-4-3-5-7-17)21(34-23)22-25-12-13-30(22)2/h3-13,15H,14H2,1-2H3,(H,27,28,32). The van der Waals surface area contributed by atoms with Gasteiger partial charge in [0.15, 0.2) is 16.1 Å². The highest BCUT2D eigenvalue weighted by Crippen LogP contribution is 2.38. The third kappa shape index (κ3) is 4.63. The Hall–Kier alpha value is -3.76. The minimum absolute atomic E-state index is 0.164. The zero-order chi connectivity index (χ0) is 23.5. The van der Waals surface area contributed by atoms with Crippen molar-refractivity contribution in [3.63, 3.8) is 0 Å². The van der Waals surface area contributed by atoms with Gasteiger partial charge in [0.2, 0.25) is 5.91 Å². The molecule has 0 unspecified atom stereocenters. The molecule has 1 amide bonds. The van der Waals surface area contributed by atoms with Gasteiger partial charge < -0.3 is 9.88 Å². The molecule has 0 radical (unpaired) electrons. The fourth-order valence-electron chi connectivity index (χ4n) is 3.39. The Kier molecular flexibility index (Phi) is 6.24. The van der Waals surface area contributed by atoms with Crippen LogP contribution in [0.4, 0.5) is 5.13 Å². The summed E-state index contributed by atoms with van der Waals surface area (Å²) >= 11 is 2.74. The molecule has 10 heteroatoms. The van der Waals surface area contributed by atoms with Gasteiger partial charge >= 0.3 is 0 Å². The Morgan fingerprint density at radius 1 is 1.12 bits per heavy atom. The average molecular weight is 488 g/mol. The van der Waals surface area contributed by atoms with Crippen LogP contribution >= 0.6 is 23.1 Å². The number of hydrogen-bond acceptors (Lipinski definition) is 7. The van der Waals surface area contributed by atoms with Gasteiger partial charge in [-0.15, -0.1) is 10.2 Å². The molecule has 0 saturated carbocycles. The SMILES string of the molecule is Cc1ccc(-n2cnnc2SCC(=O)Nc2nc(-c3ccccc3)c(-c3nccn3C)s2)cc1. The number of nitrogens with zero attached hydrogens (tertiary/aromatic N) is 6. The molecular formula is C24H21N7OS2. The first-order chi connectivity index (χ1) is 16.6. The highest BCUT2D eigenvalue weighted by Gasteiger charge is 2.19. The van der Waals surface area contributed by atoms with Gasteiger partial charge in [0.25, 0.3) is 0 Å².